The topological polar surface area (TPSA) is 86.7 Å². The van der Waals surface area contributed by atoms with Crippen molar-refractivity contribution in [3.05, 3.63) is 60.1 Å². The van der Waals surface area contributed by atoms with E-state index in [9.17, 15) is 9.18 Å². The molecule has 1 atom stereocenters. The number of hydrogen-bond donors (Lipinski definition) is 1. The number of nitrogens with zero attached hydrogens (tertiary/aromatic N) is 1. The number of allylic oxidation sites excluding steroid dienone is 2. The molecule has 2 rings (SSSR count). The molecule has 1 heterocycles. The third-order valence-electron chi connectivity index (χ3n) is 2.86. The molecule has 1 unspecified atom stereocenters. The first-order valence-corrected chi connectivity index (χ1v) is 8.73. The SMILES string of the molecule is CN1C=CC=CC1CC(=O)c1ccccc1F.[O-][I+2]([O-])O. The zero-order valence-corrected chi connectivity index (χ0v) is 13.4. The molecular weight excluding hydrogens is 392 g/mol. The predicted octanol–water partition coefficient (Wildman–Crippen LogP) is -3.15. The van der Waals surface area contributed by atoms with E-state index >= 15 is 0 Å². The molecule has 1 N–H and O–H groups in total. The molecule has 0 radical (unpaired) electrons. The van der Waals surface area contributed by atoms with E-state index in [1.54, 1.807) is 12.1 Å². The molecule has 5 nitrogen and oxygen atoms in total. The van der Waals surface area contributed by atoms with Crippen molar-refractivity contribution in [3.8, 4) is 0 Å². The highest BCUT2D eigenvalue weighted by molar-refractivity contribution is 5.96. The van der Waals surface area contributed by atoms with Crippen LogP contribution in [0.3, 0.4) is 0 Å². The fourth-order valence-corrected chi connectivity index (χ4v) is 1.82. The van der Waals surface area contributed by atoms with E-state index in [0.29, 0.717) is 0 Å². The number of likely N-dealkylation sites (N-methyl/N-ethyl adjacent to an activating group) is 1. The van der Waals surface area contributed by atoms with Crippen LogP contribution in [0.15, 0.2) is 48.7 Å². The Hall–Kier alpha value is -1.29. The number of Topliss-reactive ketones (excluding diaryl/α,β-unsaturated/α-hetero) is 1. The second kappa shape index (κ2) is 8.88. The van der Waals surface area contributed by atoms with Crippen LogP contribution in [0.2, 0.25) is 0 Å². The van der Waals surface area contributed by atoms with Gasteiger partial charge < -0.3 is 11.8 Å². The molecular formula is C14H15FINO4. The highest BCUT2D eigenvalue weighted by atomic mass is 127. The maximum absolute atomic E-state index is 13.4. The smallest absolute Gasteiger partial charge is 0.396 e. The van der Waals surface area contributed by atoms with Gasteiger partial charge in [0.1, 0.15) is 5.82 Å². The Balaban J connectivity index is 0.000000491. The van der Waals surface area contributed by atoms with E-state index in [0.717, 1.165) is 0 Å². The predicted molar refractivity (Wildman–Crippen MR) is 67.4 cm³/mol. The average Bonchev–Trinajstić information content (AvgIpc) is 2.41. The molecule has 0 saturated carbocycles. The number of ketones is 1. The lowest BCUT2D eigenvalue weighted by Crippen LogP contribution is -3.98. The van der Waals surface area contributed by atoms with Crippen molar-refractivity contribution >= 4 is 5.78 Å². The van der Waals surface area contributed by atoms with Crippen LogP contribution < -0.4 is 27.9 Å². The number of benzene rings is 1. The van der Waals surface area contributed by atoms with Gasteiger partial charge in [-0.3, -0.25) is 4.79 Å². The van der Waals surface area contributed by atoms with Gasteiger partial charge in [-0.05, 0) is 27.8 Å². The first-order valence-electron chi connectivity index (χ1n) is 6.01. The Bertz CT molecular complexity index is 531. The monoisotopic (exact) mass is 407 g/mol. The molecule has 114 valence electrons. The average molecular weight is 407 g/mol. The third-order valence-corrected chi connectivity index (χ3v) is 2.86. The van der Waals surface area contributed by atoms with Gasteiger partial charge >= 0.3 is 21.1 Å². The molecule has 1 aliphatic heterocycles. The molecule has 0 fully saturated rings. The van der Waals surface area contributed by atoms with Gasteiger partial charge in [0.25, 0.3) is 0 Å². The summed E-state index contributed by atoms with van der Waals surface area (Å²) in [7, 11) is 1.90. The Morgan fingerprint density at radius 3 is 2.57 bits per heavy atom. The maximum atomic E-state index is 13.4. The molecule has 1 aromatic carbocycles. The Morgan fingerprint density at radius 1 is 1.38 bits per heavy atom. The third kappa shape index (κ3) is 6.34. The largest absolute Gasteiger partial charge is 0.503 e. The standard InChI is InChI=1S/C14H14FNO.HIO3/c1-16-9-5-4-6-11(16)10-14(17)12-7-2-3-8-13(12)15;2-1(3)4/h2-9,11H,10H2,1H3;2H. The van der Waals surface area contributed by atoms with Crippen LogP contribution in [0.4, 0.5) is 4.39 Å². The molecule has 0 amide bonds. The van der Waals surface area contributed by atoms with Gasteiger partial charge in [-0.2, -0.15) is 0 Å². The van der Waals surface area contributed by atoms with Crippen LogP contribution in [0, 0.1) is 5.82 Å². The molecule has 7 heteroatoms. The highest BCUT2D eigenvalue weighted by Crippen LogP contribution is 2.15. The summed E-state index contributed by atoms with van der Waals surface area (Å²) >= 11 is -3.76. The van der Waals surface area contributed by atoms with Crippen LogP contribution in [-0.2, 0) is 0 Å². The van der Waals surface area contributed by atoms with E-state index in [4.69, 9.17) is 10.3 Å². The molecule has 0 aliphatic carbocycles. The lowest BCUT2D eigenvalue weighted by molar-refractivity contribution is -1.63. The molecule has 21 heavy (non-hydrogen) atoms. The summed E-state index contributed by atoms with van der Waals surface area (Å²) in [6, 6.07) is 6.11. The summed E-state index contributed by atoms with van der Waals surface area (Å²) in [5.74, 6) is -0.615. The van der Waals surface area contributed by atoms with Crippen molar-refractivity contribution < 1.29 is 40.6 Å². The summed E-state index contributed by atoms with van der Waals surface area (Å²) in [6.07, 6.45) is 7.94. The van der Waals surface area contributed by atoms with Gasteiger partial charge in [-0.15, -0.1) is 0 Å². The molecule has 0 saturated heterocycles. The highest BCUT2D eigenvalue weighted by Gasteiger charge is 2.18. The number of halogens is 2. The van der Waals surface area contributed by atoms with Crippen molar-refractivity contribution in [2.75, 3.05) is 7.05 Å². The van der Waals surface area contributed by atoms with Gasteiger partial charge in [-0.1, -0.05) is 24.3 Å². The van der Waals surface area contributed by atoms with Gasteiger partial charge in [0.2, 0.25) is 0 Å². The zero-order valence-electron chi connectivity index (χ0n) is 11.3. The minimum absolute atomic E-state index is 0.00658. The van der Waals surface area contributed by atoms with E-state index in [1.807, 2.05) is 36.4 Å². The van der Waals surface area contributed by atoms with Crippen LogP contribution >= 0.6 is 0 Å². The number of carbonyl (C=O) groups is 1. The molecule has 0 bridgehead atoms. The van der Waals surface area contributed by atoms with Crippen LogP contribution in [0.5, 0.6) is 0 Å². The zero-order chi connectivity index (χ0) is 15.8. The number of hydrogen-bond acceptors (Lipinski definition) is 5. The Morgan fingerprint density at radius 2 is 2.00 bits per heavy atom. The van der Waals surface area contributed by atoms with Crippen molar-refractivity contribution in [2.45, 2.75) is 12.5 Å². The van der Waals surface area contributed by atoms with Crippen LogP contribution in [0.1, 0.15) is 16.8 Å². The van der Waals surface area contributed by atoms with Crippen molar-refractivity contribution in [2.24, 2.45) is 0 Å². The molecule has 0 aromatic heterocycles. The lowest BCUT2D eigenvalue weighted by Gasteiger charge is -2.25. The lowest BCUT2D eigenvalue weighted by atomic mass is 10.0. The molecule has 1 aliphatic rings. The summed E-state index contributed by atoms with van der Waals surface area (Å²) in [4.78, 5) is 13.9. The normalized spacial score (nSPS) is 16.7. The van der Waals surface area contributed by atoms with Crippen molar-refractivity contribution in [3.63, 3.8) is 0 Å². The summed E-state index contributed by atoms with van der Waals surface area (Å²) in [6.45, 7) is 0. The fourth-order valence-electron chi connectivity index (χ4n) is 1.82. The van der Waals surface area contributed by atoms with Crippen molar-refractivity contribution in [1.82, 2.24) is 4.90 Å². The first kappa shape index (κ1) is 17.8. The first-order chi connectivity index (χ1) is 9.91. The molecule has 1 aromatic rings. The minimum Gasteiger partial charge on any atom is -0.396 e. The Labute approximate surface area is 131 Å². The fraction of sp³-hybridized carbons (Fsp3) is 0.214. The van der Waals surface area contributed by atoms with E-state index in [-0.39, 0.29) is 23.8 Å². The quantitative estimate of drug-likeness (QED) is 0.423. The van der Waals surface area contributed by atoms with E-state index in [1.165, 1.54) is 12.1 Å². The van der Waals surface area contributed by atoms with E-state index < -0.39 is 26.9 Å². The van der Waals surface area contributed by atoms with E-state index in [2.05, 4.69) is 0 Å². The summed E-state index contributed by atoms with van der Waals surface area (Å²) in [5.41, 5.74) is 0.170. The van der Waals surface area contributed by atoms with Gasteiger partial charge in [0.15, 0.2) is 5.78 Å². The van der Waals surface area contributed by atoms with Gasteiger partial charge in [0, 0.05) is 13.5 Å². The maximum Gasteiger partial charge on any atom is 0.503 e. The summed E-state index contributed by atoms with van der Waals surface area (Å²) < 4.78 is 37.9. The van der Waals surface area contributed by atoms with Crippen molar-refractivity contribution in [1.29, 1.82) is 0 Å². The summed E-state index contributed by atoms with van der Waals surface area (Å²) in [5, 5.41) is 0. The van der Waals surface area contributed by atoms with Gasteiger partial charge in [-0.25, -0.2) is 4.39 Å². The Kier molecular flexibility index (Phi) is 7.51. The number of rotatable bonds is 3. The second-order valence-electron chi connectivity index (χ2n) is 4.27. The van der Waals surface area contributed by atoms with Gasteiger partial charge in [0.05, 0.1) is 11.6 Å². The van der Waals surface area contributed by atoms with Crippen LogP contribution in [0.25, 0.3) is 0 Å². The molecule has 0 spiro atoms. The number of carbonyl (C=O) groups excluding carboxylic acids is 1. The second-order valence-corrected chi connectivity index (χ2v) is 5.41. The minimum atomic E-state index is -3.76. The van der Waals surface area contributed by atoms with Crippen LogP contribution in [-0.4, -0.2) is 27.2 Å².